The molecule has 1 heterocycles. The zero-order chi connectivity index (χ0) is 27.9. The minimum absolute atomic E-state index is 0.202. The summed E-state index contributed by atoms with van der Waals surface area (Å²) in [6.45, 7) is 0.443. The number of imide groups is 2. The van der Waals surface area contributed by atoms with Gasteiger partial charge in [-0.05, 0) is 76.1 Å². The Morgan fingerprint density at radius 1 is 0.821 bits per heavy atom. The van der Waals surface area contributed by atoms with Crippen LogP contribution >= 0.6 is 15.9 Å². The van der Waals surface area contributed by atoms with Crippen molar-refractivity contribution in [3.05, 3.63) is 76.3 Å². The number of nitrogens with zero attached hydrogens (tertiary/aromatic N) is 1. The van der Waals surface area contributed by atoms with E-state index >= 15 is 0 Å². The van der Waals surface area contributed by atoms with Gasteiger partial charge in [0.05, 0.1) is 31.5 Å². The number of barbiturate groups is 1. The van der Waals surface area contributed by atoms with Gasteiger partial charge in [0.2, 0.25) is 0 Å². The summed E-state index contributed by atoms with van der Waals surface area (Å²) in [6, 6.07) is 16.0. The maximum Gasteiger partial charge on any atom is 0.335 e. The molecular weight excluding hydrogens is 572 g/mol. The van der Waals surface area contributed by atoms with Gasteiger partial charge >= 0.3 is 6.03 Å². The number of anilines is 1. The third-order valence-corrected chi connectivity index (χ3v) is 6.24. The Labute approximate surface area is 233 Å². The van der Waals surface area contributed by atoms with E-state index in [1.807, 2.05) is 12.1 Å². The van der Waals surface area contributed by atoms with Crippen molar-refractivity contribution in [1.82, 2.24) is 5.32 Å². The first-order valence-corrected chi connectivity index (χ1v) is 12.5. The number of hydrogen-bond donors (Lipinski definition) is 1. The van der Waals surface area contributed by atoms with Gasteiger partial charge in [-0.25, -0.2) is 9.69 Å². The van der Waals surface area contributed by atoms with E-state index in [1.165, 1.54) is 20.3 Å². The van der Waals surface area contributed by atoms with Crippen LogP contribution in [0.5, 0.6) is 28.7 Å². The summed E-state index contributed by atoms with van der Waals surface area (Å²) in [5.41, 5.74) is 0.534. The highest BCUT2D eigenvalue weighted by Crippen LogP contribution is 2.37. The molecule has 1 fully saturated rings. The molecule has 4 amide bonds. The SMILES string of the molecule is COc1ccc(N2C(=O)NC(=O)/C(=C\c3cc(Br)c(OCCOc4ccccc4OC)c(OC)c3)C2=O)cc1. The molecule has 3 aromatic rings. The highest BCUT2D eigenvalue weighted by atomic mass is 79.9. The molecule has 0 saturated carbocycles. The summed E-state index contributed by atoms with van der Waals surface area (Å²) in [5.74, 6) is 0.965. The van der Waals surface area contributed by atoms with Crippen molar-refractivity contribution < 1.29 is 38.1 Å². The van der Waals surface area contributed by atoms with Gasteiger partial charge in [-0.3, -0.25) is 14.9 Å². The van der Waals surface area contributed by atoms with Crippen LogP contribution in [0.3, 0.4) is 0 Å². The summed E-state index contributed by atoms with van der Waals surface area (Å²) in [5, 5.41) is 2.20. The lowest BCUT2D eigenvalue weighted by atomic mass is 10.1. The van der Waals surface area contributed by atoms with Crippen LogP contribution in [0.1, 0.15) is 5.56 Å². The Balaban J connectivity index is 1.52. The highest BCUT2D eigenvalue weighted by molar-refractivity contribution is 9.10. The molecule has 1 aliphatic heterocycles. The minimum atomic E-state index is -0.842. The number of rotatable bonds is 10. The summed E-state index contributed by atoms with van der Waals surface area (Å²) < 4.78 is 28.0. The lowest BCUT2D eigenvalue weighted by Crippen LogP contribution is -2.54. The van der Waals surface area contributed by atoms with Gasteiger partial charge in [-0.15, -0.1) is 0 Å². The van der Waals surface area contributed by atoms with E-state index in [9.17, 15) is 14.4 Å². The molecule has 0 spiro atoms. The minimum Gasteiger partial charge on any atom is -0.497 e. The number of carbonyl (C=O) groups is 3. The normalized spacial score (nSPS) is 14.2. The average molecular weight is 597 g/mol. The van der Waals surface area contributed by atoms with E-state index < -0.39 is 17.8 Å². The highest BCUT2D eigenvalue weighted by Gasteiger charge is 2.37. The first kappa shape index (κ1) is 27.5. The number of urea groups is 1. The number of methoxy groups -OCH3 is 3. The molecule has 11 heteroatoms. The van der Waals surface area contributed by atoms with Crippen LogP contribution in [0.4, 0.5) is 10.5 Å². The van der Waals surface area contributed by atoms with Gasteiger partial charge in [0.15, 0.2) is 23.0 Å². The zero-order valence-corrected chi connectivity index (χ0v) is 22.9. The van der Waals surface area contributed by atoms with E-state index in [4.69, 9.17) is 23.7 Å². The smallest absolute Gasteiger partial charge is 0.335 e. The fourth-order valence-corrected chi connectivity index (χ4v) is 4.36. The molecule has 0 aliphatic carbocycles. The van der Waals surface area contributed by atoms with E-state index in [1.54, 1.807) is 55.6 Å². The second-order valence-corrected chi connectivity index (χ2v) is 8.89. The zero-order valence-electron chi connectivity index (χ0n) is 21.4. The Hall–Kier alpha value is -4.51. The van der Waals surface area contributed by atoms with Crippen LogP contribution in [0.15, 0.2) is 70.7 Å². The fraction of sp³-hybridized carbons (Fsp3) is 0.179. The summed E-state index contributed by atoms with van der Waals surface area (Å²) >= 11 is 3.47. The van der Waals surface area contributed by atoms with Crippen molar-refractivity contribution in [3.8, 4) is 28.7 Å². The van der Waals surface area contributed by atoms with Crippen LogP contribution in [-0.4, -0.2) is 52.4 Å². The van der Waals surface area contributed by atoms with Gasteiger partial charge in [0.1, 0.15) is 24.5 Å². The quantitative estimate of drug-likeness (QED) is 0.205. The molecule has 39 heavy (non-hydrogen) atoms. The van der Waals surface area contributed by atoms with E-state index in [2.05, 4.69) is 21.2 Å². The number of carbonyl (C=O) groups excluding carboxylic acids is 3. The fourth-order valence-electron chi connectivity index (χ4n) is 3.79. The van der Waals surface area contributed by atoms with Gasteiger partial charge in [-0.1, -0.05) is 12.1 Å². The Kier molecular flexibility index (Phi) is 8.72. The van der Waals surface area contributed by atoms with Crippen LogP contribution in [-0.2, 0) is 9.59 Å². The predicted molar refractivity (Wildman–Crippen MR) is 147 cm³/mol. The number of amides is 4. The molecule has 0 atom stereocenters. The molecule has 3 aromatic carbocycles. The number of nitrogens with one attached hydrogen (secondary N) is 1. The largest absolute Gasteiger partial charge is 0.497 e. The Bertz CT molecular complexity index is 1420. The number of halogens is 1. The van der Waals surface area contributed by atoms with Crippen molar-refractivity contribution in [1.29, 1.82) is 0 Å². The lowest BCUT2D eigenvalue weighted by molar-refractivity contribution is -0.122. The van der Waals surface area contributed by atoms with Crippen LogP contribution in [0.2, 0.25) is 0 Å². The molecule has 0 aromatic heterocycles. The van der Waals surface area contributed by atoms with Gasteiger partial charge < -0.3 is 23.7 Å². The van der Waals surface area contributed by atoms with Gasteiger partial charge in [0, 0.05) is 0 Å². The van der Waals surface area contributed by atoms with E-state index in [-0.39, 0.29) is 24.5 Å². The molecule has 0 unspecified atom stereocenters. The third-order valence-electron chi connectivity index (χ3n) is 5.65. The summed E-state index contributed by atoms with van der Waals surface area (Å²) in [6.07, 6.45) is 1.38. The molecule has 1 aliphatic rings. The second kappa shape index (κ2) is 12.4. The van der Waals surface area contributed by atoms with Crippen LogP contribution < -0.4 is 33.9 Å². The predicted octanol–water partition coefficient (Wildman–Crippen LogP) is 4.60. The molecule has 1 N–H and O–H groups in total. The van der Waals surface area contributed by atoms with Crippen molar-refractivity contribution in [2.75, 3.05) is 39.4 Å². The Morgan fingerprint density at radius 3 is 2.15 bits per heavy atom. The molecule has 0 radical (unpaired) electrons. The number of hydrogen-bond acceptors (Lipinski definition) is 8. The maximum absolute atomic E-state index is 13.2. The topological polar surface area (TPSA) is 113 Å². The van der Waals surface area contributed by atoms with E-state index in [0.29, 0.717) is 38.8 Å². The van der Waals surface area contributed by atoms with Crippen molar-refractivity contribution in [2.24, 2.45) is 0 Å². The number of ether oxygens (including phenoxy) is 5. The summed E-state index contributed by atoms with van der Waals surface area (Å²) in [4.78, 5) is 39.1. The number of benzene rings is 3. The summed E-state index contributed by atoms with van der Waals surface area (Å²) in [7, 11) is 4.54. The first-order chi connectivity index (χ1) is 18.9. The standard InChI is InChI=1S/C28H25BrN2O8/c1-35-19-10-8-18(9-11-19)31-27(33)20(26(32)30-28(31)34)14-17-15-21(29)25(24(16-17)37-3)39-13-12-38-23-7-5-4-6-22(23)36-2/h4-11,14-16H,12-13H2,1-3H3,(H,30,32,34)/b20-14+. The van der Waals surface area contributed by atoms with Crippen molar-refractivity contribution in [3.63, 3.8) is 0 Å². The molecule has 1 saturated heterocycles. The lowest BCUT2D eigenvalue weighted by Gasteiger charge is -2.26. The van der Waals surface area contributed by atoms with Crippen LogP contribution in [0, 0.1) is 0 Å². The van der Waals surface area contributed by atoms with Crippen LogP contribution in [0.25, 0.3) is 6.08 Å². The first-order valence-electron chi connectivity index (χ1n) is 11.7. The van der Waals surface area contributed by atoms with Crippen molar-refractivity contribution >= 4 is 45.5 Å². The van der Waals surface area contributed by atoms with E-state index in [0.717, 1.165) is 4.90 Å². The van der Waals surface area contributed by atoms with Gasteiger partial charge in [-0.2, -0.15) is 0 Å². The third kappa shape index (κ3) is 6.15. The Morgan fingerprint density at radius 2 is 1.49 bits per heavy atom. The van der Waals surface area contributed by atoms with Gasteiger partial charge in [0.25, 0.3) is 11.8 Å². The molecular formula is C28H25BrN2O8. The number of para-hydroxylation sites is 2. The van der Waals surface area contributed by atoms with Crippen molar-refractivity contribution in [2.45, 2.75) is 0 Å². The second-order valence-electron chi connectivity index (χ2n) is 8.04. The molecule has 202 valence electrons. The molecule has 0 bridgehead atoms. The molecule has 4 rings (SSSR count). The monoisotopic (exact) mass is 596 g/mol. The molecule has 10 nitrogen and oxygen atoms in total. The average Bonchev–Trinajstić information content (AvgIpc) is 2.94. The maximum atomic E-state index is 13.2.